The monoisotopic (exact) mass is 178 g/mol. The smallest absolute Gasteiger partial charge is 0.414 e. The van der Waals surface area contributed by atoms with E-state index in [1.807, 2.05) is 6.07 Å². The summed E-state index contributed by atoms with van der Waals surface area (Å²) >= 11 is 0. The van der Waals surface area contributed by atoms with Crippen LogP contribution in [0.5, 0.6) is 0 Å². The number of hydrogen-bond donors (Lipinski definition) is 0. The van der Waals surface area contributed by atoms with Gasteiger partial charge in [-0.1, -0.05) is 30.3 Å². The fourth-order valence-corrected chi connectivity index (χ4v) is 1.14. The highest BCUT2D eigenvalue weighted by Gasteiger charge is 2.36. The molecule has 0 aromatic heterocycles. The number of carbonyl (C=O) groups excluding carboxylic acids is 2. The van der Waals surface area contributed by atoms with Gasteiger partial charge >= 0.3 is 12.1 Å². The molecule has 13 heavy (non-hydrogen) atoms. The van der Waals surface area contributed by atoms with Crippen molar-refractivity contribution in [1.82, 2.24) is 0 Å². The molecule has 0 radical (unpaired) electrons. The second-order valence-electron chi connectivity index (χ2n) is 2.58. The lowest BCUT2D eigenvalue weighted by Gasteiger charge is -2.02. The van der Waals surface area contributed by atoms with Crippen LogP contribution in [0, 0.1) is 0 Å². The maximum absolute atomic E-state index is 11.0. The number of hydrogen-bond acceptors (Lipinski definition) is 4. The molecule has 1 heterocycles. The molecule has 0 aliphatic carbocycles. The Morgan fingerprint density at radius 2 is 1.77 bits per heavy atom. The lowest BCUT2D eigenvalue weighted by Crippen LogP contribution is -2.06. The van der Waals surface area contributed by atoms with Crippen molar-refractivity contribution in [3.05, 3.63) is 35.9 Å². The number of ether oxygens (including phenoxy) is 2. The van der Waals surface area contributed by atoms with E-state index < -0.39 is 18.2 Å². The van der Waals surface area contributed by atoms with E-state index in [4.69, 9.17) is 0 Å². The fraction of sp³-hybridized carbons (Fsp3) is 0.111. The van der Waals surface area contributed by atoms with Crippen LogP contribution in [0.3, 0.4) is 0 Å². The van der Waals surface area contributed by atoms with E-state index in [2.05, 4.69) is 9.47 Å². The molecule has 4 heteroatoms. The number of cyclic esters (lactones) is 3. The van der Waals surface area contributed by atoms with Crippen LogP contribution in [0.2, 0.25) is 0 Å². The zero-order chi connectivity index (χ0) is 9.26. The molecular formula is C9H6O4. The third-order valence-electron chi connectivity index (χ3n) is 1.71. The molecule has 4 nitrogen and oxygen atoms in total. The summed E-state index contributed by atoms with van der Waals surface area (Å²) in [6.45, 7) is 0. The third kappa shape index (κ3) is 1.38. The maximum atomic E-state index is 11.0. The largest absolute Gasteiger partial charge is 0.517 e. The summed E-state index contributed by atoms with van der Waals surface area (Å²) in [5.74, 6) is -0.656. The SMILES string of the molecule is O=C1OC(=O)C(c2ccccc2)O1. The minimum Gasteiger partial charge on any atom is -0.414 e. The maximum Gasteiger partial charge on any atom is 0.517 e. The minimum absolute atomic E-state index is 0.623. The van der Waals surface area contributed by atoms with Crippen molar-refractivity contribution in [2.75, 3.05) is 0 Å². The van der Waals surface area contributed by atoms with Crippen molar-refractivity contribution in [3.63, 3.8) is 0 Å². The Kier molecular flexibility index (Phi) is 1.73. The Labute approximate surface area is 74.1 Å². The Morgan fingerprint density at radius 3 is 2.31 bits per heavy atom. The predicted octanol–water partition coefficient (Wildman–Crippen LogP) is 1.42. The number of carbonyl (C=O) groups is 2. The molecule has 0 spiro atoms. The molecule has 1 saturated heterocycles. The van der Waals surface area contributed by atoms with E-state index in [1.165, 1.54) is 0 Å². The summed E-state index contributed by atoms with van der Waals surface area (Å²) in [7, 11) is 0. The molecule has 1 fully saturated rings. The van der Waals surface area contributed by atoms with Gasteiger partial charge in [-0.05, 0) is 0 Å². The summed E-state index contributed by atoms with van der Waals surface area (Å²) in [4.78, 5) is 21.6. The van der Waals surface area contributed by atoms with E-state index in [0.717, 1.165) is 0 Å². The van der Waals surface area contributed by atoms with Gasteiger partial charge < -0.3 is 9.47 Å². The van der Waals surface area contributed by atoms with Crippen LogP contribution < -0.4 is 0 Å². The van der Waals surface area contributed by atoms with E-state index in [1.54, 1.807) is 24.3 Å². The molecule has 1 unspecified atom stereocenters. The van der Waals surface area contributed by atoms with Gasteiger partial charge in [-0.15, -0.1) is 0 Å². The van der Waals surface area contributed by atoms with Crippen LogP contribution in [0.25, 0.3) is 0 Å². The lowest BCUT2D eigenvalue weighted by atomic mass is 10.1. The first-order valence-corrected chi connectivity index (χ1v) is 3.74. The predicted molar refractivity (Wildman–Crippen MR) is 41.8 cm³/mol. The Hall–Kier alpha value is -1.84. The van der Waals surface area contributed by atoms with Gasteiger partial charge in [0.2, 0.25) is 6.10 Å². The summed E-state index contributed by atoms with van der Waals surface area (Å²) in [6.07, 6.45) is -1.83. The molecule has 1 aliphatic heterocycles. The quantitative estimate of drug-likeness (QED) is 0.482. The van der Waals surface area contributed by atoms with E-state index in [-0.39, 0.29) is 0 Å². The van der Waals surface area contributed by atoms with Crippen LogP contribution in [0.15, 0.2) is 30.3 Å². The van der Waals surface area contributed by atoms with Gasteiger partial charge in [0, 0.05) is 5.56 Å². The third-order valence-corrected chi connectivity index (χ3v) is 1.71. The van der Waals surface area contributed by atoms with E-state index >= 15 is 0 Å². The Bertz CT molecular complexity index is 344. The minimum atomic E-state index is -0.932. The molecule has 0 N–H and O–H groups in total. The molecule has 1 aromatic carbocycles. The molecular weight excluding hydrogens is 172 g/mol. The average molecular weight is 178 g/mol. The first-order chi connectivity index (χ1) is 6.27. The average Bonchev–Trinajstić information content (AvgIpc) is 2.47. The van der Waals surface area contributed by atoms with Crippen LogP contribution in [-0.4, -0.2) is 12.1 Å². The fourth-order valence-electron chi connectivity index (χ4n) is 1.14. The standard InChI is InChI=1S/C9H6O4/c10-8-7(12-9(11)13-8)6-4-2-1-3-5-6/h1-5,7H. The number of benzene rings is 1. The first kappa shape index (κ1) is 7.79. The highest BCUT2D eigenvalue weighted by Crippen LogP contribution is 2.24. The van der Waals surface area contributed by atoms with Crippen molar-refractivity contribution in [3.8, 4) is 0 Å². The van der Waals surface area contributed by atoms with Gasteiger partial charge in [0.1, 0.15) is 0 Å². The van der Waals surface area contributed by atoms with Gasteiger partial charge in [0.15, 0.2) is 0 Å². The zero-order valence-corrected chi connectivity index (χ0v) is 6.60. The first-order valence-electron chi connectivity index (χ1n) is 3.74. The molecule has 66 valence electrons. The van der Waals surface area contributed by atoms with Crippen molar-refractivity contribution in [2.24, 2.45) is 0 Å². The van der Waals surface area contributed by atoms with Crippen molar-refractivity contribution < 1.29 is 19.1 Å². The van der Waals surface area contributed by atoms with Crippen LogP contribution >= 0.6 is 0 Å². The van der Waals surface area contributed by atoms with E-state index in [9.17, 15) is 9.59 Å². The van der Waals surface area contributed by atoms with Gasteiger partial charge in [-0.25, -0.2) is 9.59 Å². The molecule has 1 aliphatic rings. The van der Waals surface area contributed by atoms with Crippen molar-refractivity contribution >= 4 is 12.1 Å². The van der Waals surface area contributed by atoms with Crippen LogP contribution in [0.1, 0.15) is 11.7 Å². The molecule has 0 amide bonds. The van der Waals surface area contributed by atoms with Crippen molar-refractivity contribution in [2.45, 2.75) is 6.10 Å². The Morgan fingerprint density at radius 1 is 1.08 bits per heavy atom. The highest BCUT2D eigenvalue weighted by molar-refractivity contribution is 5.91. The summed E-state index contributed by atoms with van der Waals surface area (Å²) in [5.41, 5.74) is 0.623. The summed E-state index contributed by atoms with van der Waals surface area (Å²) < 4.78 is 8.88. The van der Waals surface area contributed by atoms with Gasteiger partial charge in [-0.3, -0.25) is 0 Å². The molecule has 2 rings (SSSR count). The second-order valence-corrected chi connectivity index (χ2v) is 2.58. The lowest BCUT2D eigenvalue weighted by molar-refractivity contribution is -0.136. The molecule has 0 bridgehead atoms. The molecule has 1 aromatic rings. The van der Waals surface area contributed by atoms with Crippen molar-refractivity contribution in [1.29, 1.82) is 0 Å². The van der Waals surface area contributed by atoms with Crippen LogP contribution in [-0.2, 0) is 14.3 Å². The van der Waals surface area contributed by atoms with E-state index in [0.29, 0.717) is 5.56 Å². The topological polar surface area (TPSA) is 52.6 Å². The normalized spacial score (nSPS) is 21.1. The van der Waals surface area contributed by atoms with Gasteiger partial charge in [0.25, 0.3) is 0 Å². The van der Waals surface area contributed by atoms with Gasteiger partial charge in [0.05, 0.1) is 0 Å². The second kappa shape index (κ2) is 2.90. The summed E-state index contributed by atoms with van der Waals surface area (Å²) in [5, 5.41) is 0. The Balaban J connectivity index is 2.28. The highest BCUT2D eigenvalue weighted by atomic mass is 16.8. The molecule has 1 atom stereocenters. The van der Waals surface area contributed by atoms with Crippen LogP contribution in [0.4, 0.5) is 4.79 Å². The summed E-state index contributed by atoms with van der Waals surface area (Å²) in [6, 6.07) is 8.73. The van der Waals surface area contributed by atoms with Gasteiger partial charge in [-0.2, -0.15) is 0 Å². The number of esters is 1. The zero-order valence-electron chi connectivity index (χ0n) is 6.60. The number of rotatable bonds is 1. The molecule has 0 saturated carbocycles.